The zero-order valence-electron chi connectivity index (χ0n) is 22.0. The van der Waals surface area contributed by atoms with Crippen molar-refractivity contribution in [3.63, 3.8) is 0 Å². The molecule has 0 amide bonds. The fourth-order valence-corrected chi connectivity index (χ4v) is 4.89. The zero-order valence-corrected chi connectivity index (χ0v) is 22.0. The lowest BCUT2D eigenvalue weighted by molar-refractivity contribution is -0.137. The number of halogens is 6. The molecule has 0 radical (unpaired) electrons. The number of hydrogen-bond donors (Lipinski definition) is 1. The maximum Gasteiger partial charge on any atom is 0.419 e. The highest BCUT2D eigenvalue weighted by Crippen LogP contribution is 2.41. The van der Waals surface area contributed by atoms with Crippen LogP contribution in [-0.2, 0) is 19.4 Å². The van der Waals surface area contributed by atoms with Crippen LogP contribution in [-0.4, -0.2) is 57.2 Å². The number of alkyl halides is 6. The fraction of sp³-hybridized carbons (Fsp3) is 0.296. The van der Waals surface area contributed by atoms with E-state index in [1.165, 1.54) is 49.9 Å². The SMILES string of the molecule is CN1CCN(c2ccc(-n3c(-c4nc(N)c(C(F)(F)F)cc4-c4ccncc4)cn(C)c3=O)cc2C(F)(F)F)CC1. The number of imidazole rings is 1. The van der Waals surface area contributed by atoms with Gasteiger partial charge < -0.3 is 20.1 Å². The predicted molar refractivity (Wildman–Crippen MR) is 142 cm³/mol. The van der Waals surface area contributed by atoms with E-state index in [0.717, 1.165) is 21.3 Å². The van der Waals surface area contributed by atoms with E-state index >= 15 is 0 Å². The Morgan fingerprint density at radius 1 is 0.854 bits per heavy atom. The van der Waals surface area contributed by atoms with E-state index in [1.807, 2.05) is 11.9 Å². The third kappa shape index (κ3) is 5.38. The van der Waals surface area contributed by atoms with Crippen LogP contribution in [0.2, 0.25) is 0 Å². The normalized spacial score (nSPS) is 15.0. The average Bonchev–Trinajstić information content (AvgIpc) is 3.21. The third-order valence-corrected chi connectivity index (χ3v) is 7.03. The second-order valence-electron chi connectivity index (χ2n) is 9.78. The number of piperazine rings is 1. The lowest BCUT2D eigenvalue weighted by atomic mass is 10.0. The largest absolute Gasteiger partial charge is 0.419 e. The van der Waals surface area contributed by atoms with Crippen molar-refractivity contribution >= 4 is 11.5 Å². The summed E-state index contributed by atoms with van der Waals surface area (Å²) in [6.45, 7) is 1.94. The van der Waals surface area contributed by atoms with Gasteiger partial charge in [-0.2, -0.15) is 26.3 Å². The standard InChI is InChI=1S/C27H25F6N7O/c1-37-9-11-39(12-10-37)21-4-3-17(13-19(21)26(28,29)30)40-22(15-38(2)25(40)41)23-18(16-5-7-35-8-6-16)14-20(24(34)36-23)27(31,32)33/h3-8,13-15H,9-12H2,1-2H3,(H2,34,36). The van der Waals surface area contributed by atoms with Crippen LogP contribution in [0.15, 0.2) is 59.8 Å². The highest BCUT2D eigenvalue weighted by molar-refractivity contribution is 5.82. The van der Waals surface area contributed by atoms with E-state index in [-0.39, 0.29) is 33.9 Å². The summed E-state index contributed by atoms with van der Waals surface area (Å²) in [5.74, 6) is -0.838. The summed E-state index contributed by atoms with van der Waals surface area (Å²) in [4.78, 5) is 24.9. The van der Waals surface area contributed by atoms with Gasteiger partial charge in [-0.15, -0.1) is 0 Å². The highest BCUT2D eigenvalue weighted by Gasteiger charge is 2.37. The van der Waals surface area contributed by atoms with Crippen molar-refractivity contribution in [2.75, 3.05) is 43.9 Å². The van der Waals surface area contributed by atoms with E-state index in [0.29, 0.717) is 26.2 Å². The smallest absolute Gasteiger partial charge is 0.383 e. The molecule has 1 fully saturated rings. The number of aromatic nitrogens is 4. The van der Waals surface area contributed by atoms with E-state index in [9.17, 15) is 31.1 Å². The molecule has 0 bridgehead atoms. The van der Waals surface area contributed by atoms with Crippen molar-refractivity contribution in [2.45, 2.75) is 12.4 Å². The molecular formula is C27H25F6N7O. The molecule has 2 N–H and O–H groups in total. The quantitative estimate of drug-likeness (QED) is 0.355. The van der Waals surface area contributed by atoms with Crippen LogP contribution in [0.25, 0.3) is 28.2 Å². The van der Waals surface area contributed by atoms with Crippen LogP contribution in [0.1, 0.15) is 11.1 Å². The molecule has 0 spiro atoms. The molecule has 0 aliphatic carbocycles. The Morgan fingerprint density at radius 2 is 1.49 bits per heavy atom. The summed E-state index contributed by atoms with van der Waals surface area (Å²) < 4.78 is 86.4. The molecule has 1 aliphatic rings. The first-order valence-corrected chi connectivity index (χ1v) is 12.5. The number of aryl methyl sites for hydroxylation is 1. The molecule has 8 nitrogen and oxygen atoms in total. The van der Waals surface area contributed by atoms with Crippen LogP contribution >= 0.6 is 0 Å². The van der Waals surface area contributed by atoms with Gasteiger partial charge in [0.05, 0.1) is 28.2 Å². The number of hydrogen-bond acceptors (Lipinski definition) is 6. The molecule has 5 rings (SSSR count). The van der Waals surface area contributed by atoms with E-state index in [2.05, 4.69) is 9.97 Å². The Kier molecular flexibility index (Phi) is 7.05. The molecular weight excluding hydrogens is 552 g/mol. The van der Waals surface area contributed by atoms with Gasteiger partial charge in [0.2, 0.25) is 0 Å². The van der Waals surface area contributed by atoms with Gasteiger partial charge in [-0.1, -0.05) is 0 Å². The van der Waals surface area contributed by atoms with Crippen LogP contribution < -0.4 is 16.3 Å². The van der Waals surface area contributed by atoms with Crippen molar-refractivity contribution in [3.05, 3.63) is 76.6 Å². The van der Waals surface area contributed by atoms with Gasteiger partial charge in [-0.25, -0.2) is 9.78 Å². The molecule has 1 aliphatic heterocycles. The highest BCUT2D eigenvalue weighted by atomic mass is 19.4. The maximum absolute atomic E-state index is 14.3. The molecule has 4 aromatic rings. The average molecular weight is 578 g/mol. The molecule has 1 saturated heterocycles. The summed E-state index contributed by atoms with van der Waals surface area (Å²) in [5.41, 5.74) is 2.84. The Morgan fingerprint density at radius 3 is 2.10 bits per heavy atom. The molecule has 4 heterocycles. The van der Waals surface area contributed by atoms with Gasteiger partial charge in [0.25, 0.3) is 0 Å². The van der Waals surface area contributed by atoms with Gasteiger partial charge in [0, 0.05) is 63.1 Å². The number of benzene rings is 1. The van der Waals surface area contributed by atoms with Gasteiger partial charge in [-0.05, 0) is 49.0 Å². The first kappa shape index (κ1) is 28.2. The number of nitrogens with zero attached hydrogens (tertiary/aromatic N) is 6. The van der Waals surface area contributed by atoms with E-state index in [1.54, 1.807) is 4.90 Å². The fourth-order valence-electron chi connectivity index (χ4n) is 4.89. The van der Waals surface area contributed by atoms with Gasteiger partial charge in [-0.3, -0.25) is 9.55 Å². The number of pyridine rings is 2. The Labute approximate surface area is 230 Å². The Hall–Kier alpha value is -4.33. The number of anilines is 2. The minimum Gasteiger partial charge on any atom is -0.383 e. The summed E-state index contributed by atoms with van der Waals surface area (Å²) >= 11 is 0. The summed E-state index contributed by atoms with van der Waals surface area (Å²) in [6.07, 6.45) is -5.54. The van der Waals surface area contributed by atoms with Crippen LogP contribution in [0, 0.1) is 0 Å². The number of likely N-dealkylation sites (N-methyl/N-ethyl adjacent to an activating group) is 1. The topological polar surface area (TPSA) is 85.2 Å². The second kappa shape index (κ2) is 10.3. The van der Waals surface area contributed by atoms with Crippen molar-refractivity contribution in [3.8, 4) is 28.2 Å². The molecule has 0 atom stereocenters. The maximum atomic E-state index is 14.3. The number of nitrogens with two attached hydrogens (primary N) is 1. The number of nitrogen functional groups attached to an aromatic ring is 1. The molecule has 0 saturated carbocycles. The molecule has 0 unspecified atom stereocenters. The van der Waals surface area contributed by atoms with Crippen molar-refractivity contribution in [2.24, 2.45) is 7.05 Å². The monoisotopic (exact) mass is 577 g/mol. The lowest BCUT2D eigenvalue weighted by Gasteiger charge is -2.35. The van der Waals surface area contributed by atoms with Crippen molar-refractivity contribution in [1.82, 2.24) is 24.0 Å². The lowest BCUT2D eigenvalue weighted by Crippen LogP contribution is -2.45. The van der Waals surface area contributed by atoms with Crippen LogP contribution in [0.4, 0.5) is 37.8 Å². The third-order valence-electron chi connectivity index (χ3n) is 7.03. The molecule has 1 aromatic carbocycles. The van der Waals surface area contributed by atoms with Crippen molar-refractivity contribution < 1.29 is 26.3 Å². The first-order valence-electron chi connectivity index (χ1n) is 12.5. The van der Waals surface area contributed by atoms with E-state index < -0.39 is 35.0 Å². The van der Waals surface area contributed by atoms with Gasteiger partial charge in [0.1, 0.15) is 5.82 Å². The van der Waals surface area contributed by atoms with Crippen molar-refractivity contribution in [1.29, 1.82) is 0 Å². The predicted octanol–water partition coefficient (Wildman–Crippen LogP) is 4.67. The minimum atomic E-state index is -4.82. The summed E-state index contributed by atoms with van der Waals surface area (Å²) in [6, 6.07) is 7.28. The molecule has 216 valence electrons. The zero-order chi connectivity index (χ0) is 29.7. The number of rotatable bonds is 4. The van der Waals surface area contributed by atoms with Gasteiger partial charge in [0.15, 0.2) is 0 Å². The molecule has 14 heteroatoms. The van der Waals surface area contributed by atoms with Crippen LogP contribution in [0.3, 0.4) is 0 Å². The van der Waals surface area contributed by atoms with E-state index in [4.69, 9.17) is 5.73 Å². The second-order valence-corrected chi connectivity index (χ2v) is 9.78. The summed E-state index contributed by atoms with van der Waals surface area (Å²) in [7, 11) is 3.27. The van der Waals surface area contributed by atoms with Gasteiger partial charge >= 0.3 is 18.0 Å². The molecule has 41 heavy (non-hydrogen) atoms. The first-order chi connectivity index (χ1) is 19.3. The summed E-state index contributed by atoms with van der Waals surface area (Å²) in [5, 5.41) is 0. The Balaban J connectivity index is 1.73. The minimum absolute atomic E-state index is 0.0192. The Bertz CT molecular complexity index is 1640. The molecule has 3 aromatic heterocycles. The van der Waals surface area contributed by atoms with Crippen LogP contribution in [0.5, 0.6) is 0 Å².